The molecule has 0 aliphatic heterocycles. The minimum atomic E-state index is -0.344. The quantitative estimate of drug-likeness (QED) is 0.379. The molecule has 3 rings (SSSR count). The van der Waals surface area contributed by atoms with Gasteiger partial charge in [-0.05, 0) is 43.5 Å². The monoisotopic (exact) mass is 422 g/mol. The van der Waals surface area contributed by atoms with Gasteiger partial charge in [0.15, 0.2) is 0 Å². The number of nitrogens with two attached hydrogens (primary N) is 1. The van der Waals surface area contributed by atoms with Crippen LogP contribution in [0.4, 0.5) is 5.69 Å². The lowest BCUT2D eigenvalue weighted by atomic mass is 10.1. The molecule has 3 aromatic rings. The predicted molar refractivity (Wildman–Crippen MR) is 124 cm³/mol. The summed E-state index contributed by atoms with van der Waals surface area (Å²) < 4.78 is 6.29. The number of fused-ring (bicyclic) bond motifs is 1. The average Bonchev–Trinajstić information content (AvgIpc) is 2.80. The minimum absolute atomic E-state index is 0.135. The highest BCUT2D eigenvalue weighted by Crippen LogP contribution is 2.23. The smallest absolute Gasteiger partial charge is 0.305 e. The lowest BCUT2D eigenvalue weighted by Gasteiger charge is -2.19. The first-order chi connectivity index (χ1) is 15.1. The first-order valence-electron chi connectivity index (χ1n) is 10.7. The van der Waals surface area contributed by atoms with Crippen LogP contribution in [0.2, 0.25) is 0 Å². The van der Waals surface area contributed by atoms with Crippen molar-refractivity contribution in [1.29, 1.82) is 0 Å². The van der Waals surface area contributed by atoms with Crippen molar-refractivity contribution in [2.75, 3.05) is 19.0 Å². The lowest BCUT2D eigenvalue weighted by Crippen LogP contribution is -2.28. The summed E-state index contributed by atoms with van der Waals surface area (Å²) >= 11 is 0. The maximum atomic E-state index is 13.6. The van der Waals surface area contributed by atoms with Gasteiger partial charge in [0, 0.05) is 18.7 Å². The van der Waals surface area contributed by atoms with E-state index < -0.39 is 0 Å². The summed E-state index contributed by atoms with van der Waals surface area (Å²) in [4.78, 5) is 29.6. The minimum Gasteiger partial charge on any atom is -0.469 e. The number of rotatable bonds is 10. The Balaban J connectivity index is 1.91. The van der Waals surface area contributed by atoms with Crippen LogP contribution in [0.15, 0.2) is 53.3 Å². The van der Waals surface area contributed by atoms with Crippen molar-refractivity contribution < 1.29 is 9.53 Å². The fourth-order valence-corrected chi connectivity index (χ4v) is 3.55. The van der Waals surface area contributed by atoms with E-state index in [0.717, 1.165) is 30.6 Å². The molecule has 0 fully saturated rings. The molecule has 0 aliphatic rings. The third-order valence-electron chi connectivity index (χ3n) is 5.31. The van der Waals surface area contributed by atoms with Gasteiger partial charge in [-0.3, -0.25) is 14.2 Å². The Kier molecular flexibility index (Phi) is 7.78. The van der Waals surface area contributed by atoms with Gasteiger partial charge in [-0.1, -0.05) is 37.6 Å². The van der Waals surface area contributed by atoms with Crippen molar-refractivity contribution in [3.8, 4) is 5.69 Å². The first-order valence-corrected chi connectivity index (χ1v) is 10.7. The highest BCUT2D eigenvalue weighted by molar-refractivity contribution is 5.91. The highest BCUT2D eigenvalue weighted by atomic mass is 16.5. The summed E-state index contributed by atoms with van der Waals surface area (Å²) in [6.07, 6.45) is 3.66. The summed E-state index contributed by atoms with van der Waals surface area (Å²) in [5.74, 6) is 0.377. The second-order valence-corrected chi connectivity index (χ2v) is 7.47. The molecule has 0 aliphatic carbocycles. The molecule has 1 heterocycles. The number of benzene rings is 2. The van der Waals surface area contributed by atoms with E-state index in [0.29, 0.717) is 36.1 Å². The van der Waals surface area contributed by atoms with Gasteiger partial charge < -0.3 is 15.8 Å². The second kappa shape index (κ2) is 10.7. The normalized spacial score (nSPS) is 12.0. The van der Waals surface area contributed by atoms with Crippen molar-refractivity contribution in [2.45, 2.75) is 45.1 Å². The van der Waals surface area contributed by atoms with E-state index >= 15 is 0 Å². The summed E-state index contributed by atoms with van der Waals surface area (Å²) in [5, 5.41) is 3.92. The molecule has 31 heavy (non-hydrogen) atoms. The number of carbonyl (C=O) groups is 1. The standard InChI is InChI=1S/C24H30N4O3/c1-3-18(25)23-27-20-14-10-13-19(26-16-9-5-8-15-21(29)31-2)22(20)24(30)28(23)17-11-6-4-7-12-17/h4,6-7,10-14,18,26H,3,5,8-9,15-16,25H2,1-2H3. The second-order valence-electron chi connectivity index (χ2n) is 7.47. The zero-order valence-corrected chi connectivity index (χ0v) is 18.1. The molecule has 0 radical (unpaired) electrons. The first kappa shape index (κ1) is 22.5. The van der Waals surface area contributed by atoms with E-state index in [4.69, 9.17) is 10.7 Å². The molecule has 0 spiro atoms. The molecule has 3 N–H and O–H groups in total. The number of nitrogens with zero attached hydrogens (tertiary/aromatic N) is 2. The van der Waals surface area contributed by atoms with Crippen LogP contribution in [-0.4, -0.2) is 29.2 Å². The Morgan fingerprint density at radius 3 is 2.61 bits per heavy atom. The largest absolute Gasteiger partial charge is 0.469 e. The number of ether oxygens (including phenoxy) is 1. The number of anilines is 1. The van der Waals surface area contributed by atoms with Crippen LogP contribution >= 0.6 is 0 Å². The molecular weight excluding hydrogens is 392 g/mol. The molecule has 7 nitrogen and oxygen atoms in total. The molecule has 0 bridgehead atoms. The van der Waals surface area contributed by atoms with E-state index in [1.165, 1.54) is 7.11 Å². The van der Waals surface area contributed by atoms with Gasteiger partial charge in [0.2, 0.25) is 0 Å². The van der Waals surface area contributed by atoms with Gasteiger partial charge in [0.05, 0.1) is 29.7 Å². The molecule has 2 aromatic carbocycles. The van der Waals surface area contributed by atoms with Gasteiger partial charge in [-0.2, -0.15) is 0 Å². The van der Waals surface area contributed by atoms with Crippen LogP contribution in [0, 0.1) is 0 Å². The maximum Gasteiger partial charge on any atom is 0.305 e. The SMILES string of the molecule is CCC(N)c1nc2cccc(NCCCCCC(=O)OC)c2c(=O)n1-c1ccccc1. The van der Waals surface area contributed by atoms with Gasteiger partial charge in [-0.15, -0.1) is 0 Å². The Morgan fingerprint density at radius 1 is 1.13 bits per heavy atom. The number of esters is 1. The number of hydrogen-bond acceptors (Lipinski definition) is 6. The molecule has 0 saturated heterocycles. The van der Waals surface area contributed by atoms with Gasteiger partial charge >= 0.3 is 5.97 Å². The van der Waals surface area contributed by atoms with Gasteiger partial charge in [0.1, 0.15) is 5.82 Å². The summed E-state index contributed by atoms with van der Waals surface area (Å²) in [5.41, 5.74) is 8.32. The van der Waals surface area contributed by atoms with Crippen molar-refractivity contribution in [2.24, 2.45) is 5.73 Å². The zero-order valence-electron chi connectivity index (χ0n) is 18.1. The molecule has 0 saturated carbocycles. The van der Waals surface area contributed by atoms with Crippen LogP contribution in [0.3, 0.4) is 0 Å². The molecule has 1 atom stereocenters. The number of para-hydroxylation sites is 1. The fraction of sp³-hybridized carbons (Fsp3) is 0.375. The third kappa shape index (κ3) is 5.30. The average molecular weight is 423 g/mol. The van der Waals surface area contributed by atoms with E-state index in [1.807, 2.05) is 55.5 Å². The van der Waals surface area contributed by atoms with E-state index in [2.05, 4.69) is 10.1 Å². The van der Waals surface area contributed by atoms with Crippen molar-refractivity contribution in [3.05, 3.63) is 64.7 Å². The van der Waals surface area contributed by atoms with Crippen LogP contribution in [0.1, 0.15) is 50.9 Å². The number of aromatic nitrogens is 2. The van der Waals surface area contributed by atoms with E-state index in [1.54, 1.807) is 4.57 Å². The van der Waals surface area contributed by atoms with E-state index in [9.17, 15) is 9.59 Å². The fourth-order valence-electron chi connectivity index (χ4n) is 3.55. The van der Waals surface area contributed by atoms with Crippen LogP contribution in [-0.2, 0) is 9.53 Å². The lowest BCUT2D eigenvalue weighted by molar-refractivity contribution is -0.140. The number of methoxy groups -OCH3 is 1. The number of unbranched alkanes of at least 4 members (excludes halogenated alkanes) is 2. The molecule has 1 aromatic heterocycles. The summed E-state index contributed by atoms with van der Waals surface area (Å²) in [6, 6.07) is 14.8. The molecule has 7 heteroatoms. The third-order valence-corrected chi connectivity index (χ3v) is 5.31. The zero-order chi connectivity index (χ0) is 22.2. The predicted octanol–water partition coefficient (Wildman–Crippen LogP) is 3.94. The Morgan fingerprint density at radius 2 is 1.90 bits per heavy atom. The molecule has 0 amide bonds. The molecule has 164 valence electrons. The Hall–Kier alpha value is -3.19. The maximum absolute atomic E-state index is 13.6. The Labute approximate surface area is 182 Å². The van der Waals surface area contributed by atoms with Crippen molar-refractivity contribution in [1.82, 2.24) is 9.55 Å². The van der Waals surface area contributed by atoms with Crippen molar-refractivity contribution >= 4 is 22.6 Å². The molecular formula is C24H30N4O3. The Bertz CT molecular complexity index is 1080. The van der Waals surface area contributed by atoms with Crippen LogP contribution in [0.25, 0.3) is 16.6 Å². The van der Waals surface area contributed by atoms with Gasteiger partial charge in [-0.25, -0.2) is 4.98 Å². The summed E-state index contributed by atoms with van der Waals surface area (Å²) in [6.45, 7) is 2.68. The number of carbonyl (C=O) groups excluding carboxylic acids is 1. The van der Waals surface area contributed by atoms with Crippen LogP contribution < -0.4 is 16.6 Å². The van der Waals surface area contributed by atoms with Crippen LogP contribution in [0.5, 0.6) is 0 Å². The molecule has 1 unspecified atom stereocenters. The number of hydrogen-bond donors (Lipinski definition) is 2. The topological polar surface area (TPSA) is 99.2 Å². The van der Waals surface area contributed by atoms with Crippen molar-refractivity contribution in [3.63, 3.8) is 0 Å². The van der Waals surface area contributed by atoms with E-state index in [-0.39, 0.29) is 17.6 Å². The highest BCUT2D eigenvalue weighted by Gasteiger charge is 2.18. The summed E-state index contributed by atoms with van der Waals surface area (Å²) in [7, 11) is 1.40. The van der Waals surface area contributed by atoms with Gasteiger partial charge in [0.25, 0.3) is 5.56 Å². The number of nitrogens with one attached hydrogen (secondary N) is 1.